The molecule has 0 bridgehead atoms. The average Bonchev–Trinajstić information content (AvgIpc) is 3.54. The third-order valence-corrected chi connectivity index (χ3v) is 13.3. The van der Waals surface area contributed by atoms with Gasteiger partial charge in [0, 0.05) is 85.7 Å². The van der Waals surface area contributed by atoms with Crippen LogP contribution in [0.4, 0.5) is 5.69 Å². The smallest absolute Gasteiger partial charge is 0.255 e. The molecule has 0 saturated carbocycles. The van der Waals surface area contributed by atoms with Crippen LogP contribution in [0.2, 0.25) is 5.02 Å². The summed E-state index contributed by atoms with van der Waals surface area (Å²) in [6, 6.07) is 19.1. The van der Waals surface area contributed by atoms with Crippen LogP contribution in [0.1, 0.15) is 89.1 Å². The molecule has 14 heteroatoms. The summed E-state index contributed by atoms with van der Waals surface area (Å²) < 4.78 is 18.8. The van der Waals surface area contributed by atoms with Gasteiger partial charge >= 0.3 is 0 Å². The molecule has 7 rings (SSSR count). The van der Waals surface area contributed by atoms with Gasteiger partial charge in [0.15, 0.2) is 0 Å². The van der Waals surface area contributed by atoms with Crippen molar-refractivity contribution in [1.29, 1.82) is 0 Å². The number of nitrogens with zero attached hydrogens (tertiary/aromatic N) is 4. The van der Waals surface area contributed by atoms with Gasteiger partial charge in [-0.25, -0.2) is 9.97 Å². The fourth-order valence-corrected chi connectivity index (χ4v) is 9.78. The number of nitrogens with one attached hydrogen (secondary N) is 2. The van der Waals surface area contributed by atoms with Crippen molar-refractivity contribution in [1.82, 2.24) is 25.5 Å². The van der Waals surface area contributed by atoms with Crippen LogP contribution in [0, 0.1) is 0 Å². The highest BCUT2D eigenvalue weighted by atomic mass is 35.5. The van der Waals surface area contributed by atoms with Crippen LogP contribution < -0.4 is 25.6 Å². The number of halogens is 1. The molecule has 1 atom stereocenters. The number of unbranched alkanes of at least 4 members (excludes halogenated alkanes) is 1. The van der Waals surface area contributed by atoms with Crippen molar-refractivity contribution in [3.63, 3.8) is 0 Å². The van der Waals surface area contributed by atoms with Gasteiger partial charge in [0.2, 0.25) is 17.7 Å². The highest BCUT2D eigenvalue weighted by molar-refractivity contribution is 7.70. The van der Waals surface area contributed by atoms with Crippen LogP contribution in [-0.4, -0.2) is 84.1 Å². The number of benzene rings is 3. The summed E-state index contributed by atoms with van der Waals surface area (Å²) in [7, 11) is -0.823. The number of imide groups is 1. The average molecular weight is 825 g/mol. The Morgan fingerprint density at radius 2 is 1.74 bits per heavy atom. The van der Waals surface area contributed by atoms with E-state index in [2.05, 4.69) is 32.7 Å². The molecule has 3 aliphatic heterocycles. The van der Waals surface area contributed by atoms with Crippen molar-refractivity contribution in [2.24, 2.45) is 0 Å². The predicted molar refractivity (Wildman–Crippen MR) is 225 cm³/mol. The molecule has 2 fully saturated rings. The number of fused-ring (bicyclic) bond motifs is 1. The first-order valence-corrected chi connectivity index (χ1v) is 23.0. The number of hydrogen-bond acceptors (Lipinski definition) is 9. The molecule has 2 N–H and O–H groups in total. The van der Waals surface area contributed by atoms with E-state index in [-0.39, 0.29) is 30.2 Å². The lowest BCUT2D eigenvalue weighted by molar-refractivity contribution is -0.137. The molecule has 58 heavy (non-hydrogen) atoms. The van der Waals surface area contributed by atoms with E-state index in [1.54, 1.807) is 37.6 Å². The zero-order valence-electron chi connectivity index (χ0n) is 33.3. The van der Waals surface area contributed by atoms with E-state index in [0.29, 0.717) is 54.3 Å². The fraction of sp³-hybridized carbons (Fsp3) is 0.409. The standard InChI is InChI=1S/C44H50ClN6O6P/c1-57-38-25-32(16-15-29(38)24-40-46-26-35(45)36(48-40)23-30-10-4-6-13-39(30)58(2,3)56)50-21-19-31(20-22-50)47-41(52)14-7-5-9-28-11-8-12-33-34(28)27-51(44(33)55)37-17-18-42(53)49-43(37)54/h4,6,8,10-13,15-16,25-26,31,37H,5,7,9,14,17-24,27H2,1-3H3,(H,47,52)(H,49,53,54). The van der Waals surface area contributed by atoms with E-state index in [4.69, 9.17) is 21.3 Å². The SMILES string of the molecule is COc1cc(N2CCC(NC(=O)CCCCc3cccc4c3CN(C3CCC(=O)NC3=O)C4=O)CC2)ccc1Cc1ncc(Cl)c(Cc2ccccc2P(C)(C)=O)n1. The highest BCUT2D eigenvalue weighted by Gasteiger charge is 2.39. The summed E-state index contributed by atoms with van der Waals surface area (Å²) in [4.78, 5) is 63.4. The lowest BCUT2D eigenvalue weighted by atomic mass is 9.98. The second-order valence-corrected chi connectivity index (χ2v) is 19.4. The number of piperidine rings is 2. The highest BCUT2D eigenvalue weighted by Crippen LogP contribution is 2.37. The Hall–Kier alpha value is -5.06. The quantitative estimate of drug-likeness (QED) is 0.0911. The molecule has 4 heterocycles. The molecule has 0 aliphatic carbocycles. The van der Waals surface area contributed by atoms with Crippen molar-refractivity contribution in [3.8, 4) is 5.75 Å². The third-order valence-electron chi connectivity index (χ3n) is 11.4. The van der Waals surface area contributed by atoms with Crippen molar-refractivity contribution in [2.45, 2.75) is 82.8 Å². The molecule has 12 nitrogen and oxygen atoms in total. The summed E-state index contributed by atoms with van der Waals surface area (Å²) in [6.45, 7) is 5.50. The van der Waals surface area contributed by atoms with Gasteiger partial charge < -0.3 is 24.4 Å². The van der Waals surface area contributed by atoms with Gasteiger partial charge in [-0.3, -0.25) is 24.5 Å². The zero-order valence-corrected chi connectivity index (χ0v) is 34.9. The molecule has 3 aliphatic rings. The number of hydrogen-bond donors (Lipinski definition) is 2. The van der Waals surface area contributed by atoms with Gasteiger partial charge in [0.25, 0.3) is 5.91 Å². The Morgan fingerprint density at radius 3 is 2.50 bits per heavy atom. The second kappa shape index (κ2) is 17.8. The predicted octanol–water partition coefficient (Wildman–Crippen LogP) is 5.83. The first kappa shape index (κ1) is 41.1. The number of aromatic nitrogens is 2. The van der Waals surface area contributed by atoms with Crippen molar-refractivity contribution in [2.75, 3.05) is 38.4 Å². The zero-order chi connectivity index (χ0) is 41.0. The molecule has 304 valence electrons. The van der Waals surface area contributed by atoms with E-state index >= 15 is 0 Å². The van der Waals surface area contributed by atoms with Gasteiger partial charge in [0.1, 0.15) is 24.8 Å². The minimum absolute atomic E-state index is 0.0504. The molecule has 4 aromatic rings. The lowest BCUT2D eigenvalue weighted by Gasteiger charge is -2.34. The minimum Gasteiger partial charge on any atom is -0.496 e. The molecule has 0 spiro atoms. The number of methoxy groups -OCH3 is 1. The number of ether oxygens (including phenoxy) is 1. The number of rotatable bonds is 14. The Morgan fingerprint density at radius 1 is 0.966 bits per heavy atom. The maximum atomic E-state index is 13.2. The minimum atomic E-state index is -2.48. The summed E-state index contributed by atoms with van der Waals surface area (Å²) in [5, 5.41) is 6.89. The van der Waals surface area contributed by atoms with Gasteiger partial charge in [0.05, 0.1) is 17.8 Å². The normalized spacial score (nSPS) is 17.3. The van der Waals surface area contributed by atoms with Crippen LogP contribution in [0.3, 0.4) is 0 Å². The maximum absolute atomic E-state index is 13.2. The first-order chi connectivity index (χ1) is 27.9. The number of carbonyl (C=O) groups is 4. The van der Waals surface area contributed by atoms with E-state index in [0.717, 1.165) is 84.2 Å². The van der Waals surface area contributed by atoms with Crippen LogP contribution in [0.5, 0.6) is 5.75 Å². The molecule has 4 amide bonds. The van der Waals surface area contributed by atoms with E-state index < -0.39 is 19.1 Å². The molecular weight excluding hydrogens is 775 g/mol. The lowest BCUT2D eigenvalue weighted by Crippen LogP contribution is -2.52. The molecule has 0 radical (unpaired) electrons. The number of aryl methyl sites for hydroxylation is 1. The summed E-state index contributed by atoms with van der Waals surface area (Å²) in [6.07, 6.45) is 7.46. The van der Waals surface area contributed by atoms with Crippen LogP contribution in [0.15, 0.2) is 66.9 Å². The van der Waals surface area contributed by atoms with Crippen molar-refractivity contribution >= 4 is 53.4 Å². The Bertz CT molecular complexity index is 2270. The first-order valence-electron chi connectivity index (χ1n) is 20.0. The molecule has 1 aromatic heterocycles. The van der Waals surface area contributed by atoms with E-state index in [1.165, 1.54) is 0 Å². The van der Waals surface area contributed by atoms with E-state index in [1.807, 2.05) is 42.5 Å². The van der Waals surface area contributed by atoms with Gasteiger partial charge in [-0.15, -0.1) is 0 Å². The second-order valence-electron chi connectivity index (χ2n) is 15.8. The monoisotopic (exact) mass is 824 g/mol. The Kier molecular flexibility index (Phi) is 12.6. The van der Waals surface area contributed by atoms with Gasteiger partial charge in [-0.2, -0.15) is 0 Å². The van der Waals surface area contributed by atoms with Crippen molar-refractivity contribution in [3.05, 3.63) is 111 Å². The Labute approximate surface area is 344 Å². The number of anilines is 1. The van der Waals surface area contributed by atoms with Crippen LogP contribution in [-0.2, 0) is 44.8 Å². The largest absolute Gasteiger partial charge is 0.496 e. The molecular formula is C44H50ClN6O6P. The van der Waals surface area contributed by atoms with E-state index in [9.17, 15) is 23.7 Å². The summed E-state index contributed by atoms with van der Waals surface area (Å²) in [5.74, 6) is 0.528. The van der Waals surface area contributed by atoms with Crippen LogP contribution in [0.25, 0.3) is 0 Å². The summed E-state index contributed by atoms with van der Waals surface area (Å²) >= 11 is 6.54. The van der Waals surface area contributed by atoms with Crippen LogP contribution >= 0.6 is 18.7 Å². The summed E-state index contributed by atoms with van der Waals surface area (Å²) in [5.41, 5.74) is 6.25. The van der Waals surface area contributed by atoms with Gasteiger partial charge in [-0.1, -0.05) is 54.1 Å². The fourth-order valence-electron chi connectivity index (χ4n) is 8.33. The number of amides is 4. The maximum Gasteiger partial charge on any atom is 0.255 e. The third kappa shape index (κ3) is 9.45. The van der Waals surface area contributed by atoms with Crippen molar-refractivity contribution < 1.29 is 28.5 Å². The van der Waals surface area contributed by atoms with Gasteiger partial charge in [-0.05, 0) is 80.7 Å². The molecule has 2 saturated heterocycles. The molecule has 1 unspecified atom stereocenters. The number of carbonyl (C=O) groups excluding carboxylic acids is 4. The molecule has 3 aromatic carbocycles. The topological polar surface area (TPSA) is 151 Å². The Balaban J connectivity index is 0.873.